The maximum Gasteiger partial charge on any atom is 0.274 e. The summed E-state index contributed by atoms with van der Waals surface area (Å²) < 4.78 is 0. The van der Waals surface area contributed by atoms with Crippen molar-refractivity contribution in [2.75, 3.05) is 26.2 Å². The smallest absolute Gasteiger partial charge is 0.274 e. The van der Waals surface area contributed by atoms with Crippen molar-refractivity contribution in [3.05, 3.63) is 88.3 Å². The van der Waals surface area contributed by atoms with E-state index in [0.717, 1.165) is 23.1 Å². The maximum atomic E-state index is 13.3. The number of carbonyl (C=O) groups is 2. The van der Waals surface area contributed by atoms with Gasteiger partial charge in [-0.3, -0.25) is 14.4 Å². The van der Waals surface area contributed by atoms with Crippen molar-refractivity contribution in [1.29, 1.82) is 0 Å². The fourth-order valence-electron chi connectivity index (χ4n) is 4.25. The third-order valence-electron chi connectivity index (χ3n) is 5.96. The van der Waals surface area contributed by atoms with E-state index in [2.05, 4.69) is 46.6 Å². The molecular weight excluding hydrogens is 416 g/mol. The first kappa shape index (κ1) is 22.5. The van der Waals surface area contributed by atoms with Crippen LogP contribution in [0.15, 0.2) is 71.5 Å². The Morgan fingerprint density at radius 3 is 2.36 bits per heavy atom. The lowest BCUT2D eigenvalue weighted by molar-refractivity contribution is -0.134. The molecule has 2 aromatic carbocycles. The molecule has 4 rings (SSSR count). The van der Waals surface area contributed by atoms with Crippen molar-refractivity contribution in [2.24, 2.45) is 5.92 Å². The monoisotopic (exact) mass is 444 g/mol. The second-order valence-electron chi connectivity index (χ2n) is 8.35. The van der Waals surface area contributed by atoms with Crippen molar-refractivity contribution in [3.63, 3.8) is 0 Å². The van der Waals surface area contributed by atoms with Gasteiger partial charge in [-0.2, -0.15) is 5.10 Å². The molecule has 1 aliphatic rings. The second kappa shape index (κ2) is 10.3. The third kappa shape index (κ3) is 5.37. The Balaban J connectivity index is 1.54. The zero-order valence-electron chi connectivity index (χ0n) is 18.7. The summed E-state index contributed by atoms with van der Waals surface area (Å²) in [6, 6.07) is 21.1. The second-order valence-corrected chi connectivity index (χ2v) is 8.35. The van der Waals surface area contributed by atoms with Crippen LogP contribution in [0, 0.1) is 5.92 Å². The van der Waals surface area contributed by atoms with E-state index in [4.69, 9.17) is 0 Å². The van der Waals surface area contributed by atoms with Crippen molar-refractivity contribution >= 4 is 11.8 Å². The van der Waals surface area contributed by atoms with Crippen LogP contribution in [0.4, 0.5) is 0 Å². The largest absolute Gasteiger partial charge is 0.341 e. The molecule has 0 spiro atoms. The van der Waals surface area contributed by atoms with Crippen LogP contribution in [-0.4, -0.2) is 58.0 Å². The molecule has 33 heavy (non-hydrogen) atoms. The lowest BCUT2D eigenvalue weighted by Crippen LogP contribution is -2.38. The highest BCUT2D eigenvalue weighted by molar-refractivity contribution is 5.93. The van der Waals surface area contributed by atoms with E-state index in [9.17, 15) is 14.4 Å². The van der Waals surface area contributed by atoms with Gasteiger partial charge in [-0.25, -0.2) is 5.10 Å². The summed E-state index contributed by atoms with van der Waals surface area (Å²) in [4.78, 5) is 41.2. The summed E-state index contributed by atoms with van der Waals surface area (Å²) in [6.07, 6.45) is 1.41. The average Bonchev–Trinajstić information content (AvgIpc) is 3.00. The van der Waals surface area contributed by atoms with Gasteiger partial charge in [0, 0.05) is 32.2 Å². The van der Waals surface area contributed by atoms with E-state index < -0.39 is 0 Å². The minimum absolute atomic E-state index is 0.0775. The Bertz CT molecular complexity index is 1140. The zero-order valence-corrected chi connectivity index (χ0v) is 18.7. The summed E-state index contributed by atoms with van der Waals surface area (Å²) in [5.74, 6) is -0.538. The van der Waals surface area contributed by atoms with Crippen LogP contribution in [0.1, 0.15) is 29.4 Å². The Kier molecular flexibility index (Phi) is 6.98. The van der Waals surface area contributed by atoms with Gasteiger partial charge in [-0.1, -0.05) is 61.5 Å². The number of benzene rings is 2. The number of hydrogen-bond donors (Lipinski definition) is 1. The van der Waals surface area contributed by atoms with Crippen molar-refractivity contribution in [3.8, 4) is 11.1 Å². The Morgan fingerprint density at radius 2 is 1.70 bits per heavy atom. The van der Waals surface area contributed by atoms with Gasteiger partial charge >= 0.3 is 0 Å². The fraction of sp³-hybridized carbons (Fsp3) is 0.308. The van der Waals surface area contributed by atoms with Crippen LogP contribution < -0.4 is 5.56 Å². The van der Waals surface area contributed by atoms with E-state index in [1.807, 2.05) is 30.0 Å². The summed E-state index contributed by atoms with van der Waals surface area (Å²) in [5.41, 5.74) is 3.15. The van der Waals surface area contributed by atoms with Crippen LogP contribution >= 0.6 is 0 Å². The van der Waals surface area contributed by atoms with Gasteiger partial charge < -0.3 is 9.80 Å². The zero-order chi connectivity index (χ0) is 23.2. The minimum Gasteiger partial charge on any atom is -0.341 e. The molecule has 170 valence electrons. The highest BCUT2D eigenvalue weighted by Gasteiger charge is 2.32. The first-order valence-electron chi connectivity index (χ1n) is 11.3. The molecule has 1 atom stereocenters. The van der Waals surface area contributed by atoms with Gasteiger partial charge in [-0.15, -0.1) is 0 Å². The van der Waals surface area contributed by atoms with E-state index in [1.54, 1.807) is 4.90 Å². The average molecular weight is 445 g/mol. The molecule has 1 aromatic heterocycles. The molecule has 0 saturated carbocycles. The summed E-state index contributed by atoms with van der Waals surface area (Å²) in [7, 11) is 0. The number of amides is 2. The predicted octanol–water partition coefficient (Wildman–Crippen LogP) is 2.99. The molecule has 1 saturated heterocycles. The number of aromatic amines is 1. The van der Waals surface area contributed by atoms with Crippen molar-refractivity contribution < 1.29 is 9.59 Å². The van der Waals surface area contributed by atoms with Crippen LogP contribution in [0.25, 0.3) is 11.1 Å². The van der Waals surface area contributed by atoms with Gasteiger partial charge in [0.2, 0.25) is 5.91 Å². The molecule has 3 aromatic rings. The van der Waals surface area contributed by atoms with E-state index in [1.165, 1.54) is 12.1 Å². The fourth-order valence-corrected chi connectivity index (χ4v) is 4.25. The normalized spacial score (nSPS) is 16.5. The molecule has 0 bridgehead atoms. The van der Waals surface area contributed by atoms with E-state index in [-0.39, 0.29) is 29.0 Å². The first-order chi connectivity index (χ1) is 16.0. The standard InChI is InChI=1S/C26H28N4O3/c1-2-14-29-15-16-30(26(33)23-12-13-24(31)28-27-23)18-22(25(29)32)17-19-8-10-21(11-9-19)20-6-4-3-5-7-20/h3-13,22H,2,14-18H2,1H3,(H,28,31)/t22-/m1/s1. The summed E-state index contributed by atoms with van der Waals surface area (Å²) >= 11 is 0. The number of carbonyl (C=O) groups excluding carboxylic acids is 2. The Morgan fingerprint density at radius 1 is 0.970 bits per heavy atom. The quantitative estimate of drug-likeness (QED) is 0.633. The third-order valence-corrected chi connectivity index (χ3v) is 5.96. The lowest BCUT2D eigenvalue weighted by atomic mass is 9.95. The number of H-pyrrole nitrogens is 1. The molecule has 0 aliphatic carbocycles. The van der Waals surface area contributed by atoms with Crippen molar-refractivity contribution in [1.82, 2.24) is 20.0 Å². The number of nitrogens with zero attached hydrogens (tertiary/aromatic N) is 3. The molecule has 2 heterocycles. The SMILES string of the molecule is CCCN1CCN(C(=O)c2ccc(=O)[nH]n2)C[C@@H](Cc2ccc(-c3ccccc3)cc2)C1=O. The lowest BCUT2D eigenvalue weighted by Gasteiger charge is -2.23. The molecule has 7 heteroatoms. The predicted molar refractivity (Wildman–Crippen MR) is 127 cm³/mol. The maximum absolute atomic E-state index is 13.3. The van der Waals surface area contributed by atoms with Gasteiger partial charge in [0.25, 0.3) is 11.5 Å². The topological polar surface area (TPSA) is 86.4 Å². The molecular formula is C26H28N4O3. The molecule has 7 nitrogen and oxygen atoms in total. The Hall–Kier alpha value is -3.74. The number of aromatic nitrogens is 2. The summed E-state index contributed by atoms with van der Waals surface area (Å²) in [6.45, 7) is 3.96. The van der Waals surface area contributed by atoms with Gasteiger partial charge in [0.15, 0.2) is 0 Å². The molecule has 1 N–H and O–H groups in total. The first-order valence-corrected chi connectivity index (χ1v) is 11.3. The molecule has 1 fully saturated rings. The number of rotatable bonds is 6. The Labute approximate surface area is 193 Å². The van der Waals surface area contributed by atoms with Gasteiger partial charge in [0.1, 0.15) is 5.69 Å². The van der Waals surface area contributed by atoms with Gasteiger partial charge in [-0.05, 0) is 35.6 Å². The molecule has 0 unspecified atom stereocenters. The number of nitrogens with one attached hydrogen (secondary N) is 1. The highest BCUT2D eigenvalue weighted by Crippen LogP contribution is 2.22. The van der Waals surface area contributed by atoms with Crippen LogP contribution in [0.2, 0.25) is 0 Å². The molecule has 1 aliphatic heterocycles. The van der Waals surface area contributed by atoms with Crippen LogP contribution in [0.3, 0.4) is 0 Å². The van der Waals surface area contributed by atoms with Crippen LogP contribution in [-0.2, 0) is 11.2 Å². The van der Waals surface area contributed by atoms with Gasteiger partial charge in [0.05, 0.1) is 5.92 Å². The van der Waals surface area contributed by atoms with Crippen molar-refractivity contribution in [2.45, 2.75) is 19.8 Å². The molecule has 2 amide bonds. The highest BCUT2D eigenvalue weighted by atomic mass is 16.2. The molecule has 0 radical (unpaired) electrons. The van der Waals surface area contributed by atoms with Crippen LogP contribution in [0.5, 0.6) is 0 Å². The number of hydrogen-bond acceptors (Lipinski definition) is 4. The minimum atomic E-state index is -0.358. The summed E-state index contributed by atoms with van der Waals surface area (Å²) in [5, 5.41) is 6.19. The van der Waals surface area contributed by atoms with E-state index in [0.29, 0.717) is 32.6 Å². The van der Waals surface area contributed by atoms with E-state index >= 15 is 0 Å².